The molecule has 0 radical (unpaired) electrons. The average molecular weight is 290 g/mol. The first-order chi connectivity index (χ1) is 9.85. The molecule has 5 heteroatoms. The van der Waals surface area contributed by atoms with E-state index in [1.165, 1.54) is 12.1 Å². The molecule has 1 saturated carbocycles. The summed E-state index contributed by atoms with van der Waals surface area (Å²) in [6, 6.07) is 5.01. The molecule has 1 N–H and O–H groups in total. The van der Waals surface area contributed by atoms with E-state index in [1.807, 2.05) is 13.8 Å². The number of benzene rings is 1. The van der Waals surface area contributed by atoms with Crippen LogP contribution in [-0.2, 0) is 11.2 Å². The van der Waals surface area contributed by atoms with Gasteiger partial charge < -0.3 is 9.67 Å². The molecule has 1 aliphatic rings. The summed E-state index contributed by atoms with van der Waals surface area (Å²) in [5.41, 5.74) is 1.22. The summed E-state index contributed by atoms with van der Waals surface area (Å²) in [6.45, 7) is 3.86. The number of fused-ring (bicyclic) bond motifs is 1. The number of carboxylic acids is 1. The molecule has 1 heterocycles. The number of imidazole rings is 1. The molecule has 1 aromatic heterocycles. The lowest BCUT2D eigenvalue weighted by Crippen LogP contribution is -2.21. The van der Waals surface area contributed by atoms with E-state index in [4.69, 9.17) is 5.11 Å². The molecule has 0 bridgehead atoms. The number of hydrogen-bond acceptors (Lipinski definition) is 2. The normalized spacial score (nSPS) is 15.6. The van der Waals surface area contributed by atoms with Gasteiger partial charge in [0.05, 0.1) is 17.5 Å². The maximum absolute atomic E-state index is 13.5. The fraction of sp³-hybridized carbons (Fsp3) is 0.500. The van der Waals surface area contributed by atoms with Gasteiger partial charge in [0, 0.05) is 12.5 Å². The van der Waals surface area contributed by atoms with Crippen LogP contribution >= 0.6 is 0 Å². The number of carbonyl (C=O) groups is 1. The Bertz CT molecular complexity index is 702. The van der Waals surface area contributed by atoms with Gasteiger partial charge >= 0.3 is 5.97 Å². The van der Waals surface area contributed by atoms with Crippen LogP contribution in [0.5, 0.6) is 0 Å². The lowest BCUT2D eigenvalue weighted by atomic mass is 9.85. The van der Waals surface area contributed by atoms with Gasteiger partial charge in [0.15, 0.2) is 0 Å². The first-order valence-corrected chi connectivity index (χ1v) is 7.24. The predicted molar refractivity (Wildman–Crippen MR) is 77.7 cm³/mol. The van der Waals surface area contributed by atoms with Gasteiger partial charge in [0.2, 0.25) is 0 Å². The SMILES string of the molecule is CC(C)(CC(=O)O)Cc1nc2ccc(F)cc2n1C1CC1. The highest BCUT2D eigenvalue weighted by molar-refractivity contribution is 5.76. The molecule has 1 aliphatic carbocycles. The molecule has 112 valence electrons. The third kappa shape index (κ3) is 2.91. The van der Waals surface area contributed by atoms with Gasteiger partial charge in [-0.1, -0.05) is 13.8 Å². The molecule has 0 unspecified atom stereocenters. The molecule has 0 spiro atoms. The molecule has 4 nitrogen and oxygen atoms in total. The third-order valence-electron chi connectivity index (χ3n) is 3.90. The Morgan fingerprint density at radius 3 is 2.81 bits per heavy atom. The van der Waals surface area contributed by atoms with E-state index in [1.54, 1.807) is 6.07 Å². The van der Waals surface area contributed by atoms with Crippen LogP contribution in [0.1, 0.15) is 45.0 Å². The maximum Gasteiger partial charge on any atom is 0.303 e. The predicted octanol–water partition coefficient (Wildman–Crippen LogP) is 3.55. The average Bonchev–Trinajstić information content (AvgIpc) is 3.10. The second-order valence-electron chi connectivity index (χ2n) is 6.67. The van der Waals surface area contributed by atoms with Gasteiger partial charge in [-0.3, -0.25) is 4.79 Å². The third-order valence-corrected chi connectivity index (χ3v) is 3.90. The Balaban J connectivity index is 2.01. The number of nitrogens with zero attached hydrogens (tertiary/aromatic N) is 2. The molecule has 0 saturated heterocycles. The van der Waals surface area contributed by atoms with Crippen molar-refractivity contribution < 1.29 is 14.3 Å². The molecular weight excluding hydrogens is 271 g/mol. The second kappa shape index (κ2) is 4.83. The van der Waals surface area contributed by atoms with Gasteiger partial charge in [0.25, 0.3) is 0 Å². The Kier molecular flexibility index (Phi) is 3.23. The van der Waals surface area contributed by atoms with E-state index < -0.39 is 5.97 Å². The zero-order valence-electron chi connectivity index (χ0n) is 12.3. The van der Waals surface area contributed by atoms with Crippen molar-refractivity contribution in [3.8, 4) is 0 Å². The summed E-state index contributed by atoms with van der Waals surface area (Å²) in [5.74, 6) is -0.204. The van der Waals surface area contributed by atoms with Crippen LogP contribution in [0, 0.1) is 11.2 Å². The standard InChI is InChI=1S/C16H19FN2O2/c1-16(2,9-15(20)21)8-14-18-12-6-3-10(17)7-13(12)19(14)11-4-5-11/h3,6-7,11H,4-5,8-9H2,1-2H3,(H,20,21). The fourth-order valence-electron chi connectivity index (χ4n) is 2.88. The first-order valence-electron chi connectivity index (χ1n) is 7.24. The molecular formula is C16H19FN2O2. The van der Waals surface area contributed by atoms with Crippen molar-refractivity contribution in [1.29, 1.82) is 0 Å². The summed E-state index contributed by atoms with van der Waals surface area (Å²) < 4.78 is 15.6. The minimum absolute atomic E-state index is 0.0925. The number of halogens is 1. The minimum atomic E-state index is -0.805. The molecule has 21 heavy (non-hydrogen) atoms. The van der Waals surface area contributed by atoms with E-state index in [0.29, 0.717) is 12.5 Å². The molecule has 3 rings (SSSR count). The number of hydrogen-bond donors (Lipinski definition) is 1. The zero-order valence-corrected chi connectivity index (χ0v) is 12.3. The molecule has 1 aromatic carbocycles. The van der Waals surface area contributed by atoms with Crippen LogP contribution in [0.2, 0.25) is 0 Å². The molecule has 0 atom stereocenters. The second-order valence-corrected chi connectivity index (χ2v) is 6.67. The highest BCUT2D eigenvalue weighted by Crippen LogP contribution is 2.40. The number of aliphatic carboxylic acids is 1. The van der Waals surface area contributed by atoms with Gasteiger partial charge in [0.1, 0.15) is 11.6 Å². The summed E-state index contributed by atoms with van der Waals surface area (Å²) in [5, 5.41) is 9.02. The lowest BCUT2D eigenvalue weighted by molar-refractivity contribution is -0.139. The monoisotopic (exact) mass is 290 g/mol. The largest absolute Gasteiger partial charge is 0.481 e. The maximum atomic E-state index is 13.5. The van der Waals surface area contributed by atoms with Crippen LogP contribution in [-0.4, -0.2) is 20.6 Å². The highest BCUT2D eigenvalue weighted by Gasteiger charge is 2.31. The van der Waals surface area contributed by atoms with Crippen LogP contribution in [0.3, 0.4) is 0 Å². The van der Waals surface area contributed by atoms with Crippen molar-refractivity contribution in [3.05, 3.63) is 29.8 Å². The molecule has 2 aromatic rings. The Morgan fingerprint density at radius 2 is 2.19 bits per heavy atom. The van der Waals surface area contributed by atoms with Crippen molar-refractivity contribution in [3.63, 3.8) is 0 Å². The van der Waals surface area contributed by atoms with Gasteiger partial charge in [-0.25, -0.2) is 9.37 Å². The lowest BCUT2D eigenvalue weighted by Gasteiger charge is -2.22. The van der Waals surface area contributed by atoms with Crippen molar-refractivity contribution in [2.45, 2.75) is 45.6 Å². The van der Waals surface area contributed by atoms with Crippen molar-refractivity contribution in [2.24, 2.45) is 5.41 Å². The molecule has 0 aliphatic heterocycles. The van der Waals surface area contributed by atoms with Crippen LogP contribution < -0.4 is 0 Å². The summed E-state index contributed by atoms with van der Waals surface area (Å²) in [4.78, 5) is 15.6. The fourth-order valence-corrected chi connectivity index (χ4v) is 2.88. The smallest absolute Gasteiger partial charge is 0.303 e. The van der Waals surface area contributed by atoms with E-state index >= 15 is 0 Å². The summed E-state index contributed by atoms with van der Waals surface area (Å²) in [7, 11) is 0. The zero-order chi connectivity index (χ0) is 15.2. The van der Waals surface area contributed by atoms with Crippen molar-refractivity contribution in [1.82, 2.24) is 9.55 Å². The first kappa shape index (κ1) is 14.0. The quantitative estimate of drug-likeness (QED) is 0.916. The Morgan fingerprint density at radius 1 is 1.48 bits per heavy atom. The van der Waals surface area contributed by atoms with E-state index in [9.17, 15) is 9.18 Å². The number of rotatable bonds is 5. The highest BCUT2D eigenvalue weighted by atomic mass is 19.1. The van der Waals surface area contributed by atoms with E-state index in [0.717, 1.165) is 29.7 Å². The topological polar surface area (TPSA) is 55.1 Å². The van der Waals surface area contributed by atoms with Crippen LogP contribution in [0.25, 0.3) is 11.0 Å². The van der Waals surface area contributed by atoms with Crippen molar-refractivity contribution >= 4 is 17.0 Å². The van der Waals surface area contributed by atoms with E-state index in [2.05, 4.69) is 9.55 Å². The summed E-state index contributed by atoms with van der Waals surface area (Å²) >= 11 is 0. The van der Waals surface area contributed by atoms with Crippen LogP contribution in [0.4, 0.5) is 4.39 Å². The van der Waals surface area contributed by atoms with Gasteiger partial charge in [-0.15, -0.1) is 0 Å². The Labute approximate surface area is 122 Å². The van der Waals surface area contributed by atoms with Crippen LogP contribution in [0.15, 0.2) is 18.2 Å². The van der Waals surface area contributed by atoms with Gasteiger partial charge in [-0.05, 0) is 36.5 Å². The van der Waals surface area contributed by atoms with E-state index in [-0.39, 0.29) is 17.7 Å². The molecule has 1 fully saturated rings. The number of aromatic nitrogens is 2. The summed E-state index contributed by atoms with van der Waals surface area (Å²) in [6.07, 6.45) is 2.82. The van der Waals surface area contributed by atoms with Crippen molar-refractivity contribution in [2.75, 3.05) is 0 Å². The Hall–Kier alpha value is -1.91. The van der Waals surface area contributed by atoms with Gasteiger partial charge in [-0.2, -0.15) is 0 Å². The molecule has 0 amide bonds. The number of carboxylic acid groups (broad SMARTS) is 1. The minimum Gasteiger partial charge on any atom is -0.481 e.